The number of carbonyl (C=O) groups excluding carboxylic acids is 1. The van der Waals surface area contributed by atoms with Gasteiger partial charge in [-0.1, -0.05) is 42.5 Å². The Morgan fingerprint density at radius 1 is 1.16 bits per heavy atom. The molecule has 2 bridgehead atoms. The predicted octanol–water partition coefficient (Wildman–Crippen LogP) is 4.17. The molecule has 0 radical (unpaired) electrons. The van der Waals surface area contributed by atoms with E-state index in [1.54, 1.807) is 0 Å². The summed E-state index contributed by atoms with van der Waals surface area (Å²) < 4.78 is 11.7. The molecule has 1 heterocycles. The van der Waals surface area contributed by atoms with Crippen LogP contribution < -0.4 is 4.74 Å². The van der Waals surface area contributed by atoms with Gasteiger partial charge in [0.15, 0.2) is 11.5 Å². The number of aromatic nitrogens is 1. The number of allylic oxidation sites excluding steroid dienone is 2. The normalized spacial score (nSPS) is 32.9. The minimum absolute atomic E-state index is 0.00221. The molecular formula is C25H26N2O4. The molecule has 6 atom stereocenters. The van der Waals surface area contributed by atoms with Crippen LogP contribution in [0, 0.1) is 29.6 Å². The average molecular weight is 418 g/mol. The quantitative estimate of drug-likeness (QED) is 0.752. The van der Waals surface area contributed by atoms with Gasteiger partial charge < -0.3 is 14.4 Å². The molecule has 6 nitrogen and oxygen atoms in total. The van der Waals surface area contributed by atoms with E-state index in [1.165, 1.54) is 0 Å². The Kier molecular flexibility index (Phi) is 4.15. The highest BCUT2D eigenvalue weighted by atomic mass is 16.5. The summed E-state index contributed by atoms with van der Waals surface area (Å²) in [4.78, 5) is 15.7. The van der Waals surface area contributed by atoms with Crippen LogP contribution in [0.5, 0.6) is 5.88 Å². The lowest BCUT2D eigenvalue weighted by Crippen LogP contribution is -2.44. The first-order valence-corrected chi connectivity index (χ1v) is 11.0. The first-order chi connectivity index (χ1) is 15.0. The number of nitrogens with zero attached hydrogens (tertiary/aromatic N) is 2. The molecule has 6 rings (SSSR count). The number of aliphatic hydroxyl groups is 1. The largest absolute Gasteiger partial charge is 0.507 e. The minimum atomic E-state index is -0.157. The molecule has 0 amide bonds. The maximum absolute atomic E-state index is 13.7. The average Bonchev–Trinajstić information content (AvgIpc) is 3.48. The number of carbonyl (C=O) groups is 1. The van der Waals surface area contributed by atoms with Crippen LogP contribution in [0.1, 0.15) is 35.8 Å². The van der Waals surface area contributed by atoms with Crippen molar-refractivity contribution < 1.29 is 19.2 Å². The molecule has 2 unspecified atom stereocenters. The van der Waals surface area contributed by atoms with Gasteiger partial charge in [0.1, 0.15) is 17.9 Å². The molecule has 31 heavy (non-hydrogen) atoms. The summed E-state index contributed by atoms with van der Waals surface area (Å²) in [7, 11) is 3.97. The van der Waals surface area contributed by atoms with Crippen molar-refractivity contribution in [2.45, 2.75) is 25.5 Å². The molecule has 0 spiro atoms. The van der Waals surface area contributed by atoms with Crippen molar-refractivity contribution in [2.24, 2.45) is 29.6 Å². The third-order valence-corrected chi connectivity index (χ3v) is 7.69. The van der Waals surface area contributed by atoms with Crippen LogP contribution in [0.3, 0.4) is 0 Å². The Morgan fingerprint density at radius 2 is 1.94 bits per heavy atom. The van der Waals surface area contributed by atoms with Crippen molar-refractivity contribution in [3.63, 3.8) is 0 Å². The zero-order chi connectivity index (χ0) is 21.3. The van der Waals surface area contributed by atoms with Crippen LogP contribution in [0.4, 0.5) is 0 Å². The van der Waals surface area contributed by atoms with Crippen molar-refractivity contribution in [1.82, 2.24) is 10.1 Å². The highest BCUT2D eigenvalue weighted by Gasteiger charge is 2.57. The van der Waals surface area contributed by atoms with E-state index in [1.807, 2.05) is 44.4 Å². The van der Waals surface area contributed by atoms with Crippen molar-refractivity contribution in [3.8, 4) is 5.88 Å². The van der Waals surface area contributed by atoms with Gasteiger partial charge in [-0.15, -0.1) is 0 Å². The summed E-state index contributed by atoms with van der Waals surface area (Å²) in [5, 5.41) is 15.5. The smallest absolute Gasteiger partial charge is 0.265 e. The topological polar surface area (TPSA) is 75.8 Å². The molecule has 1 aromatic carbocycles. The molecule has 1 aromatic heterocycles. The molecule has 4 aliphatic rings. The first-order valence-electron chi connectivity index (χ1n) is 11.0. The highest BCUT2D eigenvalue weighted by molar-refractivity contribution is 6.06. The van der Waals surface area contributed by atoms with Crippen LogP contribution in [0.25, 0.3) is 5.76 Å². The summed E-state index contributed by atoms with van der Waals surface area (Å²) >= 11 is 0. The predicted molar refractivity (Wildman–Crippen MR) is 114 cm³/mol. The number of fused-ring (bicyclic) bond motifs is 7. The molecule has 6 heteroatoms. The summed E-state index contributed by atoms with van der Waals surface area (Å²) in [5.74, 6) is 1.96. The SMILES string of the molecule is CN(C)[C@H]1c2onc(OCc3ccccc3)c2C(O)=C2C(=O)[C@@H]3C4C=CC(C4)[C@@H]3C[C@H]21. The number of hydrogen-bond acceptors (Lipinski definition) is 6. The van der Waals surface area contributed by atoms with E-state index in [-0.39, 0.29) is 35.3 Å². The number of benzene rings is 1. The maximum atomic E-state index is 13.7. The lowest BCUT2D eigenvalue weighted by Gasteiger charge is -2.43. The fraction of sp³-hybridized carbons (Fsp3) is 0.440. The van der Waals surface area contributed by atoms with E-state index in [4.69, 9.17) is 9.26 Å². The molecule has 0 aliphatic heterocycles. The van der Waals surface area contributed by atoms with Gasteiger partial charge in [0.2, 0.25) is 0 Å². The van der Waals surface area contributed by atoms with E-state index >= 15 is 0 Å². The molecular weight excluding hydrogens is 392 g/mol. The molecule has 0 saturated heterocycles. The summed E-state index contributed by atoms with van der Waals surface area (Å²) in [6, 6.07) is 9.63. The van der Waals surface area contributed by atoms with Gasteiger partial charge in [-0.25, -0.2) is 0 Å². The van der Waals surface area contributed by atoms with Crippen LogP contribution in [-0.4, -0.2) is 35.0 Å². The van der Waals surface area contributed by atoms with Crippen LogP contribution >= 0.6 is 0 Å². The number of ether oxygens (including phenoxy) is 1. The van der Waals surface area contributed by atoms with E-state index < -0.39 is 0 Å². The van der Waals surface area contributed by atoms with E-state index in [9.17, 15) is 9.90 Å². The van der Waals surface area contributed by atoms with Gasteiger partial charge in [0.25, 0.3) is 5.88 Å². The number of Topliss-reactive ketones (excluding diaryl/α,β-unsaturated/α-hetero) is 1. The summed E-state index contributed by atoms with van der Waals surface area (Å²) in [5.41, 5.74) is 1.97. The second-order valence-electron chi connectivity index (χ2n) is 9.52. The molecule has 1 N–H and O–H groups in total. The zero-order valence-electron chi connectivity index (χ0n) is 17.7. The van der Waals surface area contributed by atoms with Crippen molar-refractivity contribution in [1.29, 1.82) is 0 Å². The summed E-state index contributed by atoms with van der Waals surface area (Å²) in [6.45, 7) is 0.311. The van der Waals surface area contributed by atoms with Crippen LogP contribution in [0.15, 0.2) is 52.6 Å². The Balaban J connectivity index is 1.41. The standard InChI is InChI=1S/C25H26N2O4/c1-27(2)21-17-11-16-14-8-9-15(10-14)18(16)22(28)19(17)23(29)20-24(21)31-26-25(20)30-12-13-6-4-3-5-7-13/h3-9,14-18,21,29H,10-12H2,1-2H3/t14?,15?,16-,17+,18+,21+/m0/s1. The fourth-order valence-electron chi connectivity index (χ4n) is 6.43. The van der Waals surface area contributed by atoms with Crippen molar-refractivity contribution >= 4 is 11.5 Å². The zero-order valence-corrected chi connectivity index (χ0v) is 17.7. The fourth-order valence-corrected chi connectivity index (χ4v) is 6.43. The van der Waals surface area contributed by atoms with Gasteiger partial charge >= 0.3 is 0 Å². The van der Waals surface area contributed by atoms with Crippen molar-refractivity contribution in [2.75, 3.05) is 14.1 Å². The Labute approximate surface area is 181 Å². The third kappa shape index (κ3) is 2.67. The van der Waals surface area contributed by atoms with Crippen molar-refractivity contribution in [3.05, 3.63) is 64.9 Å². The molecule has 2 saturated carbocycles. The Hall–Kier alpha value is -2.86. The van der Waals surface area contributed by atoms with Gasteiger partial charge in [-0.05, 0) is 55.4 Å². The first kappa shape index (κ1) is 18.9. The number of ketones is 1. The van der Waals surface area contributed by atoms with Gasteiger partial charge in [0, 0.05) is 17.4 Å². The van der Waals surface area contributed by atoms with Crippen LogP contribution in [0.2, 0.25) is 0 Å². The van der Waals surface area contributed by atoms with Gasteiger partial charge in [0.05, 0.1) is 6.04 Å². The second kappa shape index (κ2) is 6.82. The molecule has 2 aromatic rings. The Bertz CT molecular complexity index is 1100. The van der Waals surface area contributed by atoms with Gasteiger partial charge in [-0.3, -0.25) is 9.69 Å². The van der Waals surface area contributed by atoms with Gasteiger partial charge in [-0.2, -0.15) is 0 Å². The third-order valence-electron chi connectivity index (χ3n) is 7.69. The van der Waals surface area contributed by atoms with E-state index in [0.717, 1.165) is 18.4 Å². The number of aliphatic hydroxyl groups excluding tert-OH is 1. The molecule has 2 fully saturated rings. The number of rotatable bonds is 4. The monoisotopic (exact) mass is 418 g/mol. The minimum Gasteiger partial charge on any atom is -0.507 e. The molecule has 160 valence electrons. The molecule has 4 aliphatic carbocycles. The van der Waals surface area contributed by atoms with E-state index in [0.29, 0.717) is 41.3 Å². The number of hydrogen-bond donors (Lipinski definition) is 1. The lowest BCUT2D eigenvalue weighted by atomic mass is 9.62. The lowest BCUT2D eigenvalue weighted by molar-refractivity contribution is -0.124. The van der Waals surface area contributed by atoms with Crippen LogP contribution in [-0.2, 0) is 11.4 Å². The maximum Gasteiger partial charge on any atom is 0.265 e. The summed E-state index contributed by atoms with van der Waals surface area (Å²) in [6.07, 6.45) is 6.43. The Morgan fingerprint density at radius 3 is 2.71 bits per heavy atom. The van der Waals surface area contributed by atoms with E-state index in [2.05, 4.69) is 22.2 Å². The second-order valence-corrected chi connectivity index (χ2v) is 9.52. The highest BCUT2D eigenvalue weighted by Crippen LogP contribution is 2.60.